The van der Waals surface area contributed by atoms with Crippen molar-refractivity contribution in [2.75, 3.05) is 0 Å². The fourth-order valence-corrected chi connectivity index (χ4v) is 3.07. The average Bonchev–Trinajstić information content (AvgIpc) is 2.40. The standard InChI is InChI=1S/C15H17BrN2S/c1-11(2)18-10-12-3-4-15(14(16)9-12)19-13-5-7-17-8-6-13/h3-9,11,18H,10H2,1-2H3. The highest BCUT2D eigenvalue weighted by molar-refractivity contribution is 9.10. The van der Waals surface area contributed by atoms with Gasteiger partial charge in [0.05, 0.1) is 0 Å². The van der Waals surface area contributed by atoms with Crippen molar-refractivity contribution in [3.05, 3.63) is 52.8 Å². The summed E-state index contributed by atoms with van der Waals surface area (Å²) in [6.07, 6.45) is 3.63. The lowest BCUT2D eigenvalue weighted by molar-refractivity contribution is 0.588. The van der Waals surface area contributed by atoms with E-state index in [4.69, 9.17) is 0 Å². The molecule has 1 aromatic carbocycles. The predicted octanol–water partition coefficient (Wildman–Crippen LogP) is 4.49. The Kier molecular flexibility index (Phi) is 5.43. The van der Waals surface area contributed by atoms with Crippen molar-refractivity contribution in [3.63, 3.8) is 0 Å². The van der Waals surface area contributed by atoms with Gasteiger partial charge in [0.25, 0.3) is 0 Å². The fourth-order valence-electron chi connectivity index (χ4n) is 1.59. The van der Waals surface area contributed by atoms with E-state index in [-0.39, 0.29) is 0 Å². The molecule has 2 rings (SSSR count). The third-order valence-electron chi connectivity index (χ3n) is 2.59. The van der Waals surface area contributed by atoms with Crippen LogP contribution in [0.5, 0.6) is 0 Å². The van der Waals surface area contributed by atoms with Crippen LogP contribution in [0.3, 0.4) is 0 Å². The molecule has 0 amide bonds. The van der Waals surface area contributed by atoms with E-state index in [9.17, 15) is 0 Å². The zero-order valence-electron chi connectivity index (χ0n) is 11.1. The predicted molar refractivity (Wildman–Crippen MR) is 84.5 cm³/mol. The van der Waals surface area contributed by atoms with E-state index >= 15 is 0 Å². The Hall–Kier alpha value is -0.840. The molecule has 1 heterocycles. The number of nitrogens with zero attached hydrogens (tertiary/aromatic N) is 1. The molecule has 0 saturated heterocycles. The summed E-state index contributed by atoms with van der Waals surface area (Å²) in [5, 5.41) is 3.42. The van der Waals surface area contributed by atoms with Gasteiger partial charge in [-0.15, -0.1) is 0 Å². The normalized spacial score (nSPS) is 10.9. The lowest BCUT2D eigenvalue weighted by Gasteiger charge is -2.10. The van der Waals surface area contributed by atoms with Crippen LogP contribution in [0.2, 0.25) is 0 Å². The zero-order chi connectivity index (χ0) is 13.7. The van der Waals surface area contributed by atoms with Gasteiger partial charge in [0, 0.05) is 39.2 Å². The van der Waals surface area contributed by atoms with Gasteiger partial charge in [0.2, 0.25) is 0 Å². The lowest BCUT2D eigenvalue weighted by Crippen LogP contribution is -2.21. The van der Waals surface area contributed by atoms with Crippen LogP contribution in [0.4, 0.5) is 0 Å². The second-order valence-corrected chi connectivity index (χ2v) is 6.56. The summed E-state index contributed by atoms with van der Waals surface area (Å²) in [5.41, 5.74) is 1.29. The molecule has 0 saturated carbocycles. The minimum absolute atomic E-state index is 0.504. The molecule has 0 radical (unpaired) electrons. The summed E-state index contributed by atoms with van der Waals surface area (Å²) in [5.74, 6) is 0. The van der Waals surface area contributed by atoms with Gasteiger partial charge < -0.3 is 5.32 Å². The molecule has 1 aromatic heterocycles. The molecule has 0 aliphatic rings. The number of nitrogens with one attached hydrogen (secondary N) is 1. The molecule has 2 nitrogen and oxygen atoms in total. The SMILES string of the molecule is CC(C)NCc1ccc(Sc2ccncc2)c(Br)c1. The Morgan fingerprint density at radius 3 is 2.58 bits per heavy atom. The largest absolute Gasteiger partial charge is 0.310 e. The van der Waals surface area contributed by atoms with E-state index in [1.807, 2.05) is 24.5 Å². The highest BCUT2D eigenvalue weighted by atomic mass is 79.9. The summed E-state index contributed by atoms with van der Waals surface area (Å²) >= 11 is 5.39. The molecule has 0 aliphatic heterocycles. The first-order valence-corrected chi connectivity index (χ1v) is 7.86. The Morgan fingerprint density at radius 1 is 1.21 bits per heavy atom. The summed E-state index contributed by atoms with van der Waals surface area (Å²) in [4.78, 5) is 6.45. The molecule has 19 heavy (non-hydrogen) atoms. The number of rotatable bonds is 5. The van der Waals surface area contributed by atoms with Crippen molar-refractivity contribution in [3.8, 4) is 0 Å². The quantitative estimate of drug-likeness (QED) is 0.870. The highest BCUT2D eigenvalue weighted by Gasteiger charge is 2.04. The maximum Gasteiger partial charge on any atom is 0.0318 e. The van der Waals surface area contributed by atoms with Crippen molar-refractivity contribution in [2.45, 2.75) is 36.2 Å². The number of hydrogen-bond acceptors (Lipinski definition) is 3. The minimum Gasteiger partial charge on any atom is -0.310 e. The maximum absolute atomic E-state index is 4.03. The number of aromatic nitrogens is 1. The van der Waals surface area contributed by atoms with Gasteiger partial charge in [-0.25, -0.2) is 0 Å². The van der Waals surface area contributed by atoms with E-state index in [1.165, 1.54) is 15.4 Å². The third-order valence-corrected chi connectivity index (χ3v) is 4.59. The van der Waals surface area contributed by atoms with Crippen LogP contribution in [0.25, 0.3) is 0 Å². The lowest BCUT2D eigenvalue weighted by atomic mass is 10.2. The summed E-state index contributed by atoms with van der Waals surface area (Å²) in [6.45, 7) is 5.21. The smallest absolute Gasteiger partial charge is 0.0318 e. The molecule has 0 bridgehead atoms. The van der Waals surface area contributed by atoms with Crippen molar-refractivity contribution in [1.29, 1.82) is 0 Å². The molecule has 2 aromatic rings. The topological polar surface area (TPSA) is 24.9 Å². The number of pyridine rings is 1. The molecule has 4 heteroatoms. The Morgan fingerprint density at radius 2 is 1.95 bits per heavy atom. The molecule has 0 atom stereocenters. The van der Waals surface area contributed by atoms with Crippen molar-refractivity contribution in [1.82, 2.24) is 10.3 Å². The molecule has 0 unspecified atom stereocenters. The molecule has 0 aliphatic carbocycles. The van der Waals surface area contributed by atoms with Crippen molar-refractivity contribution >= 4 is 27.7 Å². The van der Waals surface area contributed by atoms with E-state index in [0.29, 0.717) is 6.04 Å². The Labute approximate surface area is 127 Å². The molecular weight excluding hydrogens is 320 g/mol. The third kappa shape index (κ3) is 4.64. The first kappa shape index (κ1) is 14.6. The second-order valence-electron chi connectivity index (χ2n) is 4.59. The van der Waals surface area contributed by atoms with E-state index in [2.05, 4.69) is 58.3 Å². The first-order chi connectivity index (χ1) is 9.15. The first-order valence-electron chi connectivity index (χ1n) is 6.25. The Bertz CT molecular complexity index is 529. The molecule has 1 N–H and O–H groups in total. The van der Waals surface area contributed by atoms with E-state index in [0.717, 1.165) is 11.0 Å². The number of hydrogen-bond donors (Lipinski definition) is 1. The zero-order valence-corrected chi connectivity index (χ0v) is 13.5. The summed E-state index contributed by atoms with van der Waals surface area (Å²) in [7, 11) is 0. The average molecular weight is 337 g/mol. The van der Waals surface area contributed by atoms with Crippen LogP contribution in [0, 0.1) is 0 Å². The van der Waals surface area contributed by atoms with Gasteiger partial charge >= 0.3 is 0 Å². The van der Waals surface area contributed by atoms with Gasteiger partial charge in [-0.3, -0.25) is 4.98 Å². The molecule has 0 fully saturated rings. The van der Waals surface area contributed by atoms with Gasteiger partial charge in [0.1, 0.15) is 0 Å². The maximum atomic E-state index is 4.03. The molecule has 0 spiro atoms. The van der Waals surface area contributed by atoms with Crippen LogP contribution in [0.1, 0.15) is 19.4 Å². The van der Waals surface area contributed by atoms with E-state index in [1.54, 1.807) is 11.8 Å². The number of benzene rings is 1. The summed E-state index contributed by atoms with van der Waals surface area (Å²) < 4.78 is 1.14. The van der Waals surface area contributed by atoms with Crippen LogP contribution < -0.4 is 5.32 Å². The second kappa shape index (κ2) is 7.08. The van der Waals surface area contributed by atoms with Crippen LogP contribution in [-0.2, 0) is 6.54 Å². The Balaban J connectivity index is 2.07. The van der Waals surface area contributed by atoms with Crippen LogP contribution in [-0.4, -0.2) is 11.0 Å². The van der Waals surface area contributed by atoms with Crippen LogP contribution >= 0.6 is 27.7 Å². The van der Waals surface area contributed by atoms with Gasteiger partial charge in [-0.1, -0.05) is 31.7 Å². The van der Waals surface area contributed by atoms with Gasteiger partial charge in [0.15, 0.2) is 0 Å². The van der Waals surface area contributed by atoms with Crippen molar-refractivity contribution < 1.29 is 0 Å². The summed E-state index contributed by atoms with van der Waals surface area (Å²) in [6, 6.07) is 11.1. The molecule has 100 valence electrons. The van der Waals surface area contributed by atoms with Gasteiger partial charge in [-0.2, -0.15) is 0 Å². The monoisotopic (exact) mass is 336 g/mol. The highest BCUT2D eigenvalue weighted by Crippen LogP contribution is 2.33. The number of halogens is 1. The van der Waals surface area contributed by atoms with Crippen LogP contribution in [0.15, 0.2) is 57.0 Å². The fraction of sp³-hybridized carbons (Fsp3) is 0.267. The van der Waals surface area contributed by atoms with Crippen molar-refractivity contribution in [2.24, 2.45) is 0 Å². The van der Waals surface area contributed by atoms with Gasteiger partial charge in [-0.05, 0) is 45.8 Å². The van der Waals surface area contributed by atoms with E-state index < -0.39 is 0 Å². The minimum atomic E-state index is 0.504. The molecular formula is C15H17BrN2S.